The number of ether oxygens (including phenoxy) is 1. The summed E-state index contributed by atoms with van der Waals surface area (Å²) in [6, 6.07) is 9.18. The monoisotopic (exact) mass is 333 g/mol. The Balaban J connectivity index is 1.90. The lowest BCUT2D eigenvalue weighted by atomic mass is 9.80. The topological polar surface area (TPSA) is 75.6 Å². The van der Waals surface area contributed by atoms with E-state index in [1.807, 2.05) is 18.2 Å². The molecule has 1 fully saturated rings. The van der Waals surface area contributed by atoms with E-state index in [0.717, 1.165) is 12.8 Å². The van der Waals surface area contributed by atoms with Gasteiger partial charge in [0.25, 0.3) is 0 Å². The Bertz CT molecular complexity index is 550. The molecule has 1 saturated heterocycles. The van der Waals surface area contributed by atoms with Gasteiger partial charge in [0.05, 0.1) is 6.61 Å². The van der Waals surface area contributed by atoms with Crippen molar-refractivity contribution in [2.75, 3.05) is 13.2 Å². The third kappa shape index (κ3) is 5.06. The van der Waals surface area contributed by atoms with Crippen molar-refractivity contribution < 1.29 is 19.4 Å². The summed E-state index contributed by atoms with van der Waals surface area (Å²) in [7, 11) is 0. The van der Waals surface area contributed by atoms with Crippen LogP contribution in [0.2, 0.25) is 0 Å². The molecule has 2 N–H and O–H groups in total. The molecule has 1 amide bonds. The van der Waals surface area contributed by atoms with Gasteiger partial charge in [0, 0.05) is 18.9 Å². The lowest BCUT2D eigenvalue weighted by Crippen LogP contribution is -2.48. The third-order valence-electron chi connectivity index (χ3n) is 4.78. The molecule has 1 aliphatic heterocycles. The SMILES string of the molecule is CC(C)(CCC(=O)NC(C(=O)O)C1CCCOC1)c1ccccc1. The van der Waals surface area contributed by atoms with Gasteiger partial charge >= 0.3 is 5.97 Å². The van der Waals surface area contributed by atoms with Crippen molar-refractivity contribution in [1.82, 2.24) is 5.32 Å². The molecule has 1 aromatic carbocycles. The van der Waals surface area contributed by atoms with Crippen LogP contribution in [-0.4, -0.2) is 36.2 Å². The molecule has 1 aromatic rings. The molecule has 5 heteroatoms. The van der Waals surface area contributed by atoms with Crippen LogP contribution in [0.4, 0.5) is 0 Å². The predicted octanol–water partition coefficient (Wildman–Crippen LogP) is 2.74. The highest BCUT2D eigenvalue weighted by Gasteiger charge is 2.31. The average Bonchev–Trinajstić information content (AvgIpc) is 2.59. The van der Waals surface area contributed by atoms with E-state index in [9.17, 15) is 14.7 Å². The predicted molar refractivity (Wildman–Crippen MR) is 91.8 cm³/mol. The average molecular weight is 333 g/mol. The number of carboxylic acid groups (broad SMARTS) is 1. The van der Waals surface area contributed by atoms with Gasteiger partial charge < -0.3 is 15.2 Å². The van der Waals surface area contributed by atoms with Crippen LogP contribution in [0.25, 0.3) is 0 Å². The van der Waals surface area contributed by atoms with Crippen molar-refractivity contribution in [3.05, 3.63) is 35.9 Å². The summed E-state index contributed by atoms with van der Waals surface area (Å²) >= 11 is 0. The van der Waals surface area contributed by atoms with Crippen LogP contribution in [0, 0.1) is 5.92 Å². The fraction of sp³-hybridized carbons (Fsp3) is 0.579. The van der Waals surface area contributed by atoms with Gasteiger partial charge in [-0.2, -0.15) is 0 Å². The fourth-order valence-electron chi connectivity index (χ4n) is 3.12. The Kier molecular flexibility index (Phi) is 6.37. The second kappa shape index (κ2) is 8.29. The second-order valence-corrected chi connectivity index (χ2v) is 7.11. The van der Waals surface area contributed by atoms with Crippen molar-refractivity contribution in [2.45, 2.75) is 51.0 Å². The summed E-state index contributed by atoms with van der Waals surface area (Å²) in [5, 5.41) is 12.1. The molecule has 0 radical (unpaired) electrons. The first kappa shape index (κ1) is 18.5. The molecule has 0 bridgehead atoms. The molecule has 2 atom stereocenters. The quantitative estimate of drug-likeness (QED) is 0.804. The van der Waals surface area contributed by atoms with Gasteiger partial charge in [-0.15, -0.1) is 0 Å². The first-order valence-electron chi connectivity index (χ1n) is 8.55. The van der Waals surface area contributed by atoms with Crippen LogP contribution < -0.4 is 5.32 Å². The molecule has 0 aliphatic carbocycles. The smallest absolute Gasteiger partial charge is 0.326 e. The zero-order chi connectivity index (χ0) is 17.6. The minimum atomic E-state index is -0.985. The van der Waals surface area contributed by atoms with E-state index in [4.69, 9.17) is 4.74 Å². The molecule has 0 saturated carbocycles. The molecule has 24 heavy (non-hydrogen) atoms. The molecule has 0 aromatic heterocycles. The van der Waals surface area contributed by atoms with Crippen molar-refractivity contribution in [1.29, 1.82) is 0 Å². The minimum Gasteiger partial charge on any atom is -0.480 e. The first-order valence-corrected chi connectivity index (χ1v) is 8.55. The molecular weight excluding hydrogens is 306 g/mol. The van der Waals surface area contributed by atoms with Crippen LogP contribution in [0.3, 0.4) is 0 Å². The van der Waals surface area contributed by atoms with Gasteiger partial charge in [0.15, 0.2) is 0 Å². The number of hydrogen-bond donors (Lipinski definition) is 2. The molecule has 1 aliphatic rings. The van der Waals surface area contributed by atoms with Gasteiger partial charge in [-0.05, 0) is 30.2 Å². The maximum atomic E-state index is 12.3. The Morgan fingerprint density at radius 2 is 2.04 bits per heavy atom. The van der Waals surface area contributed by atoms with Crippen molar-refractivity contribution in [2.24, 2.45) is 5.92 Å². The van der Waals surface area contributed by atoms with Gasteiger partial charge in [0.2, 0.25) is 5.91 Å². The molecule has 2 rings (SSSR count). The zero-order valence-corrected chi connectivity index (χ0v) is 14.5. The Labute approximate surface area is 143 Å². The maximum Gasteiger partial charge on any atom is 0.326 e. The summed E-state index contributed by atoms with van der Waals surface area (Å²) in [4.78, 5) is 23.7. The van der Waals surface area contributed by atoms with Crippen LogP contribution in [0.15, 0.2) is 30.3 Å². The Morgan fingerprint density at radius 3 is 2.62 bits per heavy atom. The van der Waals surface area contributed by atoms with E-state index in [1.165, 1.54) is 5.56 Å². The highest BCUT2D eigenvalue weighted by Crippen LogP contribution is 2.28. The zero-order valence-electron chi connectivity index (χ0n) is 14.5. The fourth-order valence-corrected chi connectivity index (χ4v) is 3.12. The lowest BCUT2D eigenvalue weighted by molar-refractivity contribution is -0.145. The summed E-state index contributed by atoms with van der Waals surface area (Å²) in [5.41, 5.74) is 1.04. The van der Waals surface area contributed by atoms with Gasteiger partial charge in [-0.3, -0.25) is 4.79 Å². The van der Waals surface area contributed by atoms with E-state index < -0.39 is 12.0 Å². The van der Waals surface area contributed by atoms with Gasteiger partial charge in [0.1, 0.15) is 6.04 Å². The van der Waals surface area contributed by atoms with E-state index in [0.29, 0.717) is 26.1 Å². The third-order valence-corrected chi connectivity index (χ3v) is 4.78. The lowest BCUT2D eigenvalue weighted by Gasteiger charge is -2.29. The number of carbonyl (C=O) groups is 2. The molecule has 2 unspecified atom stereocenters. The van der Waals surface area contributed by atoms with E-state index in [2.05, 4.69) is 31.3 Å². The second-order valence-electron chi connectivity index (χ2n) is 7.11. The number of amides is 1. The van der Waals surface area contributed by atoms with Crippen molar-refractivity contribution >= 4 is 11.9 Å². The standard InChI is InChI=1S/C19H27NO4/c1-19(2,15-8-4-3-5-9-15)11-10-16(21)20-17(18(22)23)14-7-6-12-24-13-14/h3-5,8-9,14,17H,6-7,10-13H2,1-2H3,(H,20,21)(H,22,23). The van der Waals surface area contributed by atoms with Crippen molar-refractivity contribution in [3.63, 3.8) is 0 Å². The largest absolute Gasteiger partial charge is 0.480 e. The van der Waals surface area contributed by atoms with Crippen molar-refractivity contribution in [3.8, 4) is 0 Å². The summed E-state index contributed by atoms with van der Waals surface area (Å²) in [5.74, 6) is -1.35. The number of rotatable bonds is 7. The molecule has 0 spiro atoms. The van der Waals surface area contributed by atoms with Crippen LogP contribution >= 0.6 is 0 Å². The molecular formula is C19H27NO4. The molecule has 1 heterocycles. The number of hydrogen-bond acceptors (Lipinski definition) is 3. The normalized spacial score (nSPS) is 19.5. The van der Waals surface area contributed by atoms with Crippen LogP contribution in [-0.2, 0) is 19.7 Å². The highest BCUT2D eigenvalue weighted by molar-refractivity contribution is 5.83. The van der Waals surface area contributed by atoms with Crippen LogP contribution in [0.1, 0.15) is 45.1 Å². The Hall–Kier alpha value is -1.88. The minimum absolute atomic E-state index is 0.134. The number of benzene rings is 1. The molecule has 132 valence electrons. The molecule has 5 nitrogen and oxygen atoms in total. The van der Waals surface area contributed by atoms with E-state index in [1.54, 1.807) is 0 Å². The first-order chi connectivity index (χ1) is 11.4. The number of aliphatic carboxylic acids is 1. The maximum absolute atomic E-state index is 12.3. The van der Waals surface area contributed by atoms with E-state index >= 15 is 0 Å². The summed E-state index contributed by atoms with van der Waals surface area (Å²) in [6.45, 7) is 5.26. The number of carboxylic acids is 1. The number of carbonyl (C=O) groups excluding carboxylic acids is 1. The summed E-state index contributed by atoms with van der Waals surface area (Å²) in [6.07, 6.45) is 2.58. The highest BCUT2D eigenvalue weighted by atomic mass is 16.5. The van der Waals surface area contributed by atoms with Crippen LogP contribution in [0.5, 0.6) is 0 Å². The summed E-state index contributed by atoms with van der Waals surface area (Å²) < 4.78 is 5.35. The van der Waals surface area contributed by atoms with E-state index in [-0.39, 0.29) is 17.2 Å². The Morgan fingerprint density at radius 1 is 1.33 bits per heavy atom. The van der Waals surface area contributed by atoms with Gasteiger partial charge in [-0.1, -0.05) is 44.2 Å². The van der Waals surface area contributed by atoms with Gasteiger partial charge in [-0.25, -0.2) is 4.79 Å². The number of nitrogens with one attached hydrogen (secondary N) is 1.